The Balaban J connectivity index is 1.35. The van der Waals surface area contributed by atoms with Gasteiger partial charge in [0.05, 0.1) is 5.88 Å². The first-order chi connectivity index (χ1) is 20.2. The van der Waals surface area contributed by atoms with Gasteiger partial charge in [-0.05, 0) is 75.1 Å². The zero-order valence-corrected chi connectivity index (χ0v) is 26.4. The van der Waals surface area contributed by atoms with Gasteiger partial charge in [0, 0.05) is 18.1 Å². The van der Waals surface area contributed by atoms with Crippen LogP contribution >= 0.6 is 23.5 Å². The number of nitrogens with one attached hydrogen (secondary N) is 2. The minimum Gasteiger partial charge on any atom is -0.457 e. The van der Waals surface area contributed by atoms with Crippen molar-refractivity contribution in [2.75, 3.05) is 23.1 Å². The average Bonchev–Trinajstić information content (AvgIpc) is 3.47. The van der Waals surface area contributed by atoms with Crippen LogP contribution in [0.3, 0.4) is 0 Å². The van der Waals surface area contributed by atoms with Crippen molar-refractivity contribution < 1.29 is 23.9 Å². The highest BCUT2D eigenvalue weighted by molar-refractivity contribution is 7.99. The Morgan fingerprint density at radius 3 is 2.38 bits per heavy atom. The Bertz CT molecular complexity index is 1170. The lowest BCUT2D eigenvalue weighted by atomic mass is 9.91. The minimum absolute atomic E-state index is 0.237. The first-order valence-electron chi connectivity index (χ1n) is 14.7. The fourth-order valence-corrected chi connectivity index (χ4v) is 7.35. The number of thioether (sulfide) groups is 2. The van der Waals surface area contributed by atoms with Gasteiger partial charge in [0.25, 0.3) is 0 Å². The summed E-state index contributed by atoms with van der Waals surface area (Å²) in [6, 6.07) is 15.7. The van der Waals surface area contributed by atoms with Crippen LogP contribution < -0.4 is 15.4 Å². The van der Waals surface area contributed by atoms with Gasteiger partial charge in [-0.25, -0.2) is 4.79 Å². The van der Waals surface area contributed by atoms with Crippen LogP contribution in [-0.4, -0.2) is 63.6 Å². The van der Waals surface area contributed by atoms with Crippen LogP contribution in [0.5, 0.6) is 11.5 Å². The van der Waals surface area contributed by atoms with Crippen LogP contribution in [0.1, 0.15) is 58.4 Å². The zero-order valence-electron chi connectivity index (χ0n) is 24.8. The van der Waals surface area contributed by atoms with Crippen LogP contribution in [0.25, 0.3) is 0 Å². The molecule has 2 N–H and O–H groups in total. The summed E-state index contributed by atoms with van der Waals surface area (Å²) in [7, 11) is 0. The van der Waals surface area contributed by atoms with Gasteiger partial charge < -0.3 is 20.1 Å². The normalized spacial score (nSPS) is 18.3. The molecule has 3 amide bonds. The predicted molar refractivity (Wildman–Crippen MR) is 170 cm³/mol. The summed E-state index contributed by atoms with van der Waals surface area (Å²) in [5, 5.41) is 5.96. The van der Waals surface area contributed by atoms with Gasteiger partial charge in [-0.15, -0.1) is 11.8 Å². The number of hydrogen-bond donors (Lipinski definition) is 2. The molecule has 1 heterocycles. The summed E-state index contributed by atoms with van der Waals surface area (Å²) in [4.78, 5) is 41.0. The van der Waals surface area contributed by atoms with Gasteiger partial charge in [0.15, 0.2) is 0 Å². The van der Waals surface area contributed by atoms with E-state index < -0.39 is 23.8 Å². The fourth-order valence-electron chi connectivity index (χ4n) is 4.93. The number of ether oxygens (including phenoxy) is 2. The third kappa shape index (κ3) is 10.2. The molecule has 2 aromatic carbocycles. The molecule has 1 aliphatic carbocycles. The first-order valence-corrected chi connectivity index (χ1v) is 17.0. The van der Waals surface area contributed by atoms with E-state index in [0.29, 0.717) is 35.6 Å². The lowest BCUT2D eigenvalue weighted by Gasteiger charge is -2.28. The second-order valence-corrected chi connectivity index (χ2v) is 13.9. The van der Waals surface area contributed by atoms with Crippen molar-refractivity contribution in [2.45, 2.75) is 77.1 Å². The first kappa shape index (κ1) is 32.1. The summed E-state index contributed by atoms with van der Waals surface area (Å²) in [5.74, 6) is 3.86. The average molecular weight is 614 g/mol. The standard InChI is InChI=1S/C32H43N3O5S2/c1-32(2,3)40-31(38)35-22-42-21-28(35)30(37)34-27(20-41-19-24-10-6-4-7-11-24)29(36)33-18-23-14-16-26(17-15-23)39-25-12-8-5-9-13-25/h5,8-9,12-17,24,27-28H,4,6-7,10-11,18-22H2,1-3H3,(H,33,36)(H,34,37)/t27-,28-/m0/s1. The highest BCUT2D eigenvalue weighted by Crippen LogP contribution is 2.28. The van der Waals surface area contributed by atoms with E-state index in [0.717, 1.165) is 17.1 Å². The Labute approximate surface area is 258 Å². The topological polar surface area (TPSA) is 97.0 Å². The van der Waals surface area contributed by atoms with Crippen LogP contribution in [0.2, 0.25) is 0 Å². The van der Waals surface area contributed by atoms with E-state index in [1.54, 1.807) is 32.5 Å². The highest BCUT2D eigenvalue weighted by Gasteiger charge is 2.38. The monoisotopic (exact) mass is 613 g/mol. The van der Waals surface area contributed by atoms with E-state index in [1.807, 2.05) is 54.6 Å². The number of carbonyl (C=O) groups is 3. The van der Waals surface area contributed by atoms with Crippen LogP contribution in [0, 0.1) is 5.92 Å². The predicted octanol–water partition coefficient (Wildman–Crippen LogP) is 6.20. The SMILES string of the molecule is CC(C)(C)OC(=O)N1CSC[C@H]1C(=O)N[C@@H](CSCC1CCCCC1)C(=O)NCc1ccc(Oc2ccccc2)cc1. The van der Waals surface area contributed by atoms with E-state index in [1.165, 1.54) is 48.8 Å². The number of amides is 3. The van der Waals surface area contributed by atoms with Crippen molar-refractivity contribution >= 4 is 41.4 Å². The molecular weight excluding hydrogens is 571 g/mol. The van der Waals surface area contributed by atoms with Crippen molar-refractivity contribution in [2.24, 2.45) is 5.92 Å². The lowest BCUT2D eigenvalue weighted by molar-refractivity contribution is -0.130. The molecule has 2 fully saturated rings. The molecule has 0 spiro atoms. The molecule has 0 aromatic heterocycles. The van der Waals surface area contributed by atoms with E-state index in [-0.39, 0.29) is 11.8 Å². The van der Waals surface area contributed by atoms with Crippen LogP contribution in [0.4, 0.5) is 4.79 Å². The van der Waals surface area contributed by atoms with E-state index in [9.17, 15) is 14.4 Å². The maximum absolute atomic E-state index is 13.4. The molecular formula is C32H43N3O5S2. The Morgan fingerprint density at radius 1 is 1.00 bits per heavy atom. The second-order valence-electron chi connectivity index (χ2n) is 11.8. The molecule has 4 rings (SSSR count). The summed E-state index contributed by atoms with van der Waals surface area (Å²) in [5.41, 5.74) is 0.266. The zero-order chi connectivity index (χ0) is 30.0. The number of carbonyl (C=O) groups excluding carboxylic acids is 3. The van der Waals surface area contributed by atoms with Gasteiger partial charge in [-0.3, -0.25) is 14.5 Å². The maximum Gasteiger partial charge on any atom is 0.411 e. The minimum atomic E-state index is -0.710. The molecule has 8 nitrogen and oxygen atoms in total. The quantitative estimate of drug-likeness (QED) is 0.311. The largest absolute Gasteiger partial charge is 0.457 e. The van der Waals surface area contributed by atoms with Crippen molar-refractivity contribution in [3.63, 3.8) is 0 Å². The molecule has 2 aromatic rings. The molecule has 1 aliphatic heterocycles. The molecule has 42 heavy (non-hydrogen) atoms. The molecule has 2 aliphatic rings. The van der Waals surface area contributed by atoms with Gasteiger partial charge in [0.2, 0.25) is 11.8 Å². The third-order valence-corrected chi connectivity index (χ3v) is 9.47. The number of nitrogens with zero attached hydrogens (tertiary/aromatic N) is 1. The smallest absolute Gasteiger partial charge is 0.411 e. The van der Waals surface area contributed by atoms with E-state index >= 15 is 0 Å². The fraction of sp³-hybridized carbons (Fsp3) is 0.531. The van der Waals surface area contributed by atoms with Gasteiger partial charge in [-0.1, -0.05) is 49.6 Å². The Hall–Kier alpha value is -2.85. The molecule has 2 atom stereocenters. The third-order valence-electron chi connectivity index (χ3n) is 7.18. The number of benzene rings is 2. The number of para-hydroxylation sites is 1. The van der Waals surface area contributed by atoms with Crippen LogP contribution in [0.15, 0.2) is 54.6 Å². The molecule has 1 saturated carbocycles. The van der Waals surface area contributed by atoms with Gasteiger partial charge >= 0.3 is 6.09 Å². The van der Waals surface area contributed by atoms with E-state index in [4.69, 9.17) is 9.47 Å². The summed E-state index contributed by atoms with van der Waals surface area (Å²) in [6.07, 6.45) is 5.77. The summed E-state index contributed by atoms with van der Waals surface area (Å²) < 4.78 is 11.4. The summed E-state index contributed by atoms with van der Waals surface area (Å²) in [6.45, 7) is 5.73. The van der Waals surface area contributed by atoms with Crippen molar-refractivity contribution in [3.05, 3.63) is 60.2 Å². The second kappa shape index (κ2) is 15.6. The Kier molecular flexibility index (Phi) is 11.9. The molecule has 10 heteroatoms. The number of rotatable bonds is 11. The van der Waals surface area contributed by atoms with Crippen LogP contribution in [-0.2, 0) is 20.9 Å². The molecule has 0 radical (unpaired) electrons. The molecule has 1 saturated heterocycles. The van der Waals surface area contributed by atoms with Gasteiger partial charge in [-0.2, -0.15) is 11.8 Å². The highest BCUT2D eigenvalue weighted by atomic mass is 32.2. The lowest BCUT2D eigenvalue weighted by Crippen LogP contribution is -2.55. The van der Waals surface area contributed by atoms with Crippen molar-refractivity contribution in [3.8, 4) is 11.5 Å². The van der Waals surface area contributed by atoms with Crippen molar-refractivity contribution in [1.82, 2.24) is 15.5 Å². The maximum atomic E-state index is 13.4. The van der Waals surface area contributed by atoms with Gasteiger partial charge in [0.1, 0.15) is 29.2 Å². The van der Waals surface area contributed by atoms with Crippen molar-refractivity contribution in [1.29, 1.82) is 0 Å². The Morgan fingerprint density at radius 2 is 1.69 bits per heavy atom. The summed E-state index contributed by atoms with van der Waals surface area (Å²) >= 11 is 3.22. The molecule has 0 unspecified atom stereocenters. The molecule has 0 bridgehead atoms. The van der Waals surface area contributed by atoms with E-state index in [2.05, 4.69) is 10.6 Å². The number of hydrogen-bond acceptors (Lipinski definition) is 7. The molecule has 228 valence electrons.